The molecule has 1 aliphatic heterocycles. The summed E-state index contributed by atoms with van der Waals surface area (Å²) in [5, 5.41) is 0. The van der Waals surface area contributed by atoms with Crippen LogP contribution in [0.2, 0.25) is 0 Å². The van der Waals surface area contributed by atoms with Crippen LogP contribution in [0.3, 0.4) is 0 Å². The molecule has 126 valence electrons. The molecular weight excluding hydrogens is 307 g/mol. The lowest BCUT2D eigenvalue weighted by atomic mass is 10.0. The molecule has 0 aromatic heterocycles. The molecule has 0 saturated carbocycles. The predicted molar refractivity (Wildman–Crippen MR) is 92.4 cm³/mol. The first-order valence-electron chi connectivity index (χ1n) is 8.06. The number of likely N-dealkylation sites (tertiary alicyclic amines) is 1. The fraction of sp³-hybridized carbons (Fsp3) is 0.316. The van der Waals surface area contributed by atoms with Crippen molar-refractivity contribution in [1.82, 2.24) is 4.90 Å². The molecule has 1 heterocycles. The summed E-state index contributed by atoms with van der Waals surface area (Å²) in [6.07, 6.45) is 1.14. The molecule has 1 atom stereocenters. The molecule has 0 N–H and O–H groups in total. The Morgan fingerprint density at radius 1 is 1.25 bits per heavy atom. The van der Waals surface area contributed by atoms with Gasteiger partial charge in [0.25, 0.3) is 0 Å². The van der Waals surface area contributed by atoms with E-state index < -0.39 is 6.09 Å². The van der Waals surface area contributed by atoms with E-state index in [-0.39, 0.29) is 12.0 Å². The second kappa shape index (κ2) is 7.01. The zero-order valence-corrected chi connectivity index (χ0v) is 13.9. The van der Waals surface area contributed by atoms with Gasteiger partial charge >= 0.3 is 6.09 Å². The van der Waals surface area contributed by atoms with Gasteiger partial charge in [-0.25, -0.2) is 9.18 Å². The maximum absolute atomic E-state index is 13.8. The number of benzene rings is 2. The fourth-order valence-electron chi connectivity index (χ4n) is 2.97. The van der Waals surface area contributed by atoms with Crippen LogP contribution in [0.1, 0.15) is 12.8 Å². The third-order valence-electron chi connectivity index (χ3n) is 4.37. The SMILES string of the molecule is CN(C(=O)O[C@H]1CCCN1C)c1cc(F)ccc1-c1ccccc1. The Balaban J connectivity index is 1.87. The molecule has 24 heavy (non-hydrogen) atoms. The Morgan fingerprint density at radius 3 is 2.67 bits per heavy atom. The van der Waals surface area contributed by atoms with Crippen LogP contribution < -0.4 is 4.90 Å². The Kier molecular flexibility index (Phi) is 4.81. The molecule has 2 aromatic rings. The van der Waals surface area contributed by atoms with E-state index in [0.717, 1.165) is 30.5 Å². The number of halogens is 1. The van der Waals surface area contributed by atoms with Gasteiger partial charge in [0.1, 0.15) is 5.82 Å². The van der Waals surface area contributed by atoms with E-state index in [1.165, 1.54) is 17.0 Å². The van der Waals surface area contributed by atoms with Gasteiger partial charge in [0.15, 0.2) is 6.23 Å². The molecule has 0 spiro atoms. The van der Waals surface area contributed by atoms with Gasteiger partial charge in [0, 0.05) is 19.2 Å². The lowest BCUT2D eigenvalue weighted by Crippen LogP contribution is -2.36. The summed E-state index contributed by atoms with van der Waals surface area (Å²) in [7, 11) is 3.54. The van der Waals surface area contributed by atoms with Crippen LogP contribution in [-0.2, 0) is 4.74 Å². The number of rotatable bonds is 3. The Labute approximate surface area is 141 Å². The van der Waals surface area contributed by atoms with Crippen molar-refractivity contribution in [2.75, 3.05) is 25.5 Å². The highest BCUT2D eigenvalue weighted by Gasteiger charge is 2.27. The minimum Gasteiger partial charge on any atom is -0.430 e. The van der Waals surface area contributed by atoms with E-state index in [2.05, 4.69) is 0 Å². The number of hydrogen-bond acceptors (Lipinski definition) is 3. The number of hydrogen-bond donors (Lipinski definition) is 0. The lowest BCUT2D eigenvalue weighted by Gasteiger charge is -2.25. The van der Waals surface area contributed by atoms with Crippen LogP contribution in [0.5, 0.6) is 0 Å². The molecule has 3 rings (SSSR count). The summed E-state index contributed by atoms with van der Waals surface area (Å²) in [4.78, 5) is 15.9. The summed E-state index contributed by atoms with van der Waals surface area (Å²) < 4.78 is 19.3. The van der Waals surface area contributed by atoms with Gasteiger partial charge in [0.2, 0.25) is 0 Å². The Bertz CT molecular complexity index is 721. The maximum atomic E-state index is 13.8. The van der Waals surface area contributed by atoms with Gasteiger partial charge in [0.05, 0.1) is 5.69 Å². The summed E-state index contributed by atoms with van der Waals surface area (Å²) in [5.41, 5.74) is 2.20. The van der Waals surface area contributed by atoms with Crippen molar-refractivity contribution < 1.29 is 13.9 Å². The minimum atomic E-state index is -0.475. The van der Waals surface area contributed by atoms with Gasteiger partial charge in [-0.05, 0) is 43.7 Å². The molecule has 1 amide bonds. The van der Waals surface area contributed by atoms with Crippen molar-refractivity contribution in [1.29, 1.82) is 0 Å². The number of carbonyl (C=O) groups excluding carboxylic acids is 1. The minimum absolute atomic E-state index is 0.214. The molecule has 0 radical (unpaired) electrons. The van der Waals surface area contributed by atoms with E-state index in [0.29, 0.717) is 5.69 Å². The van der Waals surface area contributed by atoms with Crippen LogP contribution in [-0.4, -0.2) is 37.9 Å². The van der Waals surface area contributed by atoms with Crippen molar-refractivity contribution in [2.45, 2.75) is 19.1 Å². The van der Waals surface area contributed by atoms with Crippen molar-refractivity contribution in [3.05, 3.63) is 54.3 Å². The molecule has 5 heteroatoms. The maximum Gasteiger partial charge on any atom is 0.415 e. The zero-order valence-electron chi connectivity index (χ0n) is 13.9. The molecule has 1 fully saturated rings. The molecule has 0 unspecified atom stereocenters. The second-order valence-corrected chi connectivity index (χ2v) is 6.05. The molecule has 1 saturated heterocycles. The Morgan fingerprint density at radius 2 is 2.00 bits per heavy atom. The summed E-state index contributed by atoms with van der Waals surface area (Å²) in [5.74, 6) is -0.387. The number of nitrogens with zero attached hydrogens (tertiary/aromatic N) is 2. The van der Waals surface area contributed by atoms with Crippen LogP contribution >= 0.6 is 0 Å². The van der Waals surface area contributed by atoms with Crippen molar-refractivity contribution >= 4 is 11.8 Å². The van der Waals surface area contributed by atoms with Crippen molar-refractivity contribution in [3.63, 3.8) is 0 Å². The topological polar surface area (TPSA) is 32.8 Å². The van der Waals surface area contributed by atoms with Crippen LogP contribution in [0.15, 0.2) is 48.5 Å². The van der Waals surface area contributed by atoms with Crippen LogP contribution in [0, 0.1) is 5.82 Å². The molecule has 2 aromatic carbocycles. The van der Waals surface area contributed by atoms with Gasteiger partial charge < -0.3 is 4.74 Å². The molecule has 4 nitrogen and oxygen atoms in total. The average Bonchev–Trinajstić information content (AvgIpc) is 2.99. The largest absolute Gasteiger partial charge is 0.430 e. The summed E-state index contributed by atoms with van der Waals surface area (Å²) in [6.45, 7) is 0.914. The fourth-order valence-corrected chi connectivity index (χ4v) is 2.97. The van der Waals surface area contributed by atoms with Crippen molar-refractivity contribution in [3.8, 4) is 11.1 Å². The molecule has 1 aliphatic rings. The van der Waals surface area contributed by atoms with E-state index >= 15 is 0 Å². The van der Waals surface area contributed by atoms with Gasteiger partial charge in [-0.15, -0.1) is 0 Å². The number of anilines is 1. The number of amides is 1. The first kappa shape index (κ1) is 16.5. The van der Waals surface area contributed by atoms with E-state index in [9.17, 15) is 9.18 Å². The smallest absolute Gasteiger partial charge is 0.415 e. The normalized spacial score (nSPS) is 17.7. The monoisotopic (exact) mass is 328 g/mol. The first-order valence-corrected chi connectivity index (χ1v) is 8.06. The third-order valence-corrected chi connectivity index (χ3v) is 4.37. The quantitative estimate of drug-likeness (QED) is 0.850. The highest BCUT2D eigenvalue weighted by Crippen LogP contribution is 2.31. The lowest BCUT2D eigenvalue weighted by molar-refractivity contribution is 0.0315. The highest BCUT2D eigenvalue weighted by atomic mass is 19.1. The highest BCUT2D eigenvalue weighted by molar-refractivity contribution is 5.93. The Hall–Kier alpha value is -2.40. The standard InChI is InChI=1S/C19H21FN2O2/c1-21-12-6-9-18(21)24-19(23)22(2)17-13-15(20)10-11-16(17)14-7-4-3-5-8-14/h3-5,7-8,10-11,13,18H,6,9,12H2,1-2H3/t18-/m0/s1. The van der Waals surface area contributed by atoms with Gasteiger partial charge in [-0.3, -0.25) is 9.80 Å². The average molecular weight is 328 g/mol. The zero-order chi connectivity index (χ0) is 17.1. The van der Waals surface area contributed by atoms with Gasteiger partial charge in [-0.1, -0.05) is 30.3 Å². The van der Waals surface area contributed by atoms with Gasteiger partial charge in [-0.2, -0.15) is 0 Å². The first-order chi connectivity index (χ1) is 11.6. The number of carbonyl (C=O) groups is 1. The molecule has 0 bridgehead atoms. The van der Waals surface area contributed by atoms with E-state index in [4.69, 9.17) is 4.74 Å². The third kappa shape index (κ3) is 3.41. The van der Waals surface area contributed by atoms with Crippen LogP contribution in [0.25, 0.3) is 11.1 Å². The second-order valence-electron chi connectivity index (χ2n) is 6.05. The van der Waals surface area contributed by atoms with Crippen LogP contribution in [0.4, 0.5) is 14.9 Å². The number of ether oxygens (including phenoxy) is 1. The summed E-state index contributed by atoms with van der Waals surface area (Å²) >= 11 is 0. The van der Waals surface area contributed by atoms with E-state index in [1.54, 1.807) is 13.1 Å². The van der Waals surface area contributed by atoms with E-state index in [1.807, 2.05) is 42.3 Å². The molecular formula is C19H21FN2O2. The predicted octanol–water partition coefficient (Wildman–Crippen LogP) is 4.12. The van der Waals surface area contributed by atoms with Crippen molar-refractivity contribution in [2.24, 2.45) is 0 Å². The molecule has 0 aliphatic carbocycles. The summed E-state index contributed by atoms with van der Waals surface area (Å²) in [6, 6.07) is 14.0.